The van der Waals surface area contributed by atoms with E-state index in [1.165, 1.54) is 0 Å². The maximum absolute atomic E-state index is 12.5. The van der Waals surface area contributed by atoms with Gasteiger partial charge < -0.3 is 15.8 Å². The number of nitrogens with two attached hydrogens (primary N) is 1. The highest BCUT2D eigenvalue weighted by molar-refractivity contribution is 5.83. The quantitative estimate of drug-likeness (QED) is 0.799. The molecule has 0 atom stereocenters. The van der Waals surface area contributed by atoms with Crippen molar-refractivity contribution in [3.05, 3.63) is 0 Å². The van der Waals surface area contributed by atoms with E-state index in [0.717, 1.165) is 51.0 Å². The smallest absolute Gasteiger partial charge is 0.227 e. The van der Waals surface area contributed by atoms with Crippen molar-refractivity contribution in [2.24, 2.45) is 17.1 Å². The molecule has 2 aliphatic rings. The molecule has 0 saturated heterocycles. The van der Waals surface area contributed by atoms with E-state index in [-0.39, 0.29) is 11.3 Å². The molecule has 0 radical (unpaired) electrons. The van der Waals surface area contributed by atoms with Crippen LogP contribution in [0.1, 0.15) is 52.4 Å². The Bertz CT molecular complexity index is 305. The number of hydrogen-bond donors (Lipinski definition) is 2. The van der Waals surface area contributed by atoms with E-state index in [9.17, 15) is 4.79 Å². The van der Waals surface area contributed by atoms with Gasteiger partial charge in [0.1, 0.15) is 0 Å². The molecule has 0 unspecified atom stereocenters. The summed E-state index contributed by atoms with van der Waals surface area (Å²) >= 11 is 0. The largest absolute Gasteiger partial charge is 0.378 e. The molecule has 4 heteroatoms. The van der Waals surface area contributed by atoms with Gasteiger partial charge in [-0.05, 0) is 51.4 Å². The van der Waals surface area contributed by atoms with Gasteiger partial charge in [-0.3, -0.25) is 4.79 Å². The number of hydrogen-bond acceptors (Lipinski definition) is 3. The van der Waals surface area contributed by atoms with E-state index in [1.807, 2.05) is 6.92 Å². The summed E-state index contributed by atoms with van der Waals surface area (Å²) in [6.45, 7) is 5.51. The predicted molar refractivity (Wildman–Crippen MR) is 75.7 cm³/mol. The lowest BCUT2D eigenvalue weighted by molar-refractivity contribution is -0.135. The lowest BCUT2D eigenvalue weighted by atomic mass is 9.70. The summed E-state index contributed by atoms with van der Waals surface area (Å²) in [7, 11) is 0. The molecular weight excluding hydrogens is 240 g/mol. The monoisotopic (exact) mass is 268 g/mol. The molecule has 0 aromatic carbocycles. The lowest BCUT2D eigenvalue weighted by Crippen LogP contribution is -2.55. The number of nitrogens with one attached hydrogen (secondary N) is 1. The van der Waals surface area contributed by atoms with Crippen LogP contribution in [0.2, 0.25) is 0 Å². The Morgan fingerprint density at radius 2 is 2.00 bits per heavy atom. The molecule has 4 nitrogen and oxygen atoms in total. The maximum Gasteiger partial charge on any atom is 0.227 e. The van der Waals surface area contributed by atoms with Crippen molar-refractivity contribution >= 4 is 5.91 Å². The normalized spacial score (nSPS) is 38.6. The van der Waals surface area contributed by atoms with Crippen molar-refractivity contribution in [3.8, 4) is 0 Å². The molecule has 3 N–H and O–H groups in total. The van der Waals surface area contributed by atoms with Crippen molar-refractivity contribution in [1.82, 2.24) is 5.32 Å². The number of ether oxygens (including phenoxy) is 1. The van der Waals surface area contributed by atoms with Crippen LogP contribution < -0.4 is 11.1 Å². The van der Waals surface area contributed by atoms with E-state index in [4.69, 9.17) is 10.5 Å². The fraction of sp³-hybridized carbons (Fsp3) is 0.933. The summed E-state index contributed by atoms with van der Waals surface area (Å²) in [5.74, 6) is 0.917. The van der Waals surface area contributed by atoms with E-state index < -0.39 is 0 Å². The number of carbonyl (C=O) groups excluding carboxylic acids is 1. The fourth-order valence-electron chi connectivity index (χ4n) is 3.23. The first-order valence-corrected chi connectivity index (χ1v) is 7.72. The molecule has 2 aliphatic carbocycles. The highest BCUT2D eigenvalue weighted by atomic mass is 16.5. The minimum atomic E-state index is -0.302. The second kappa shape index (κ2) is 6.23. The Hall–Kier alpha value is -0.610. The van der Waals surface area contributed by atoms with Gasteiger partial charge in [-0.15, -0.1) is 0 Å². The van der Waals surface area contributed by atoms with E-state index >= 15 is 0 Å². The van der Waals surface area contributed by atoms with Crippen LogP contribution >= 0.6 is 0 Å². The predicted octanol–water partition coefficient (Wildman–Crippen LogP) is 1.83. The van der Waals surface area contributed by atoms with Crippen LogP contribution in [-0.2, 0) is 9.53 Å². The van der Waals surface area contributed by atoms with Crippen LogP contribution in [0.15, 0.2) is 0 Å². The van der Waals surface area contributed by atoms with Gasteiger partial charge in [-0.1, -0.05) is 6.92 Å². The summed E-state index contributed by atoms with van der Waals surface area (Å²) in [5, 5.41) is 3.18. The van der Waals surface area contributed by atoms with Gasteiger partial charge in [0, 0.05) is 19.2 Å². The Morgan fingerprint density at radius 1 is 1.37 bits per heavy atom. The van der Waals surface area contributed by atoms with E-state index in [1.54, 1.807) is 0 Å². The molecule has 2 rings (SSSR count). The minimum Gasteiger partial charge on any atom is -0.378 e. The van der Waals surface area contributed by atoms with E-state index in [0.29, 0.717) is 18.7 Å². The fourth-order valence-corrected chi connectivity index (χ4v) is 3.23. The SMILES string of the molecule is CCOC1CC(NC(=O)C2(CN)CCC(C)CC2)C1. The first kappa shape index (κ1) is 14.8. The van der Waals surface area contributed by atoms with Crippen LogP contribution in [0, 0.1) is 11.3 Å². The Kier molecular flexibility index (Phi) is 4.85. The Morgan fingerprint density at radius 3 is 2.53 bits per heavy atom. The molecule has 0 heterocycles. The lowest BCUT2D eigenvalue weighted by Gasteiger charge is -2.41. The van der Waals surface area contributed by atoms with Crippen molar-refractivity contribution in [1.29, 1.82) is 0 Å². The molecule has 19 heavy (non-hydrogen) atoms. The molecule has 0 bridgehead atoms. The summed E-state index contributed by atoms with van der Waals surface area (Å²) in [6, 6.07) is 0.298. The van der Waals surface area contributed by atoms with Gasteiger partial charge in [-0.2, -0.15) is 0 Å². The average Bonchev–Trinajstić information content (AvgIpc) is 2.37. The molecule has 110 valence electrons. The van der Waals surface area contributed by atoms with Gasteiger partial charge in [0.05, 0.1) is 11.5 Å². The number of carbonyl (C=O) groups is 1. The van der Waals surface area contributed by atoms with Gasteiger partial charge in [0.15, 0.2) is 0 Å². The maximum atomic E-state index is 12.5. The summed E-state index contributed by atoms with van der Waals surface area (Å²) in [6.07, 6.45) is 6.38. The third-order valence-electron chi connectivity index (χ3n) is 4.94. The molecular formula is C15H28N2O2. The summed E-state index contributed by atoms with van der Waals surface area (Å²) in [5.41, 5.74) is 5.61. The van der Waals surface area contributed by atoms with Crippen molar-refractivity contribution in [3.63, 3.8) is 0 Å². The third kappa shape index (κ3) is 3.29. The molecule has 0 spiro atoms. The van der Waals surface area contributed by atoms with Crippen LogP contribution in [0.4, 0.5) is 0 Å². The highest BCUT2D eigenvalue weighted by Crippen LogP contribution is 2.39. The number of amides is 1. The van der Waals surface area contributed by atoms with Crippen LogP contribution in [0.25, 0.3) is 0 Å². The number of rotatable bonds is 5. The zero-order chi connectivity index (χ0) is 13.9. The van der Waals surface area contributed by atoms with Gasteiger partial charge in [-0.25, -0.2) is 0 Å². The second-order valence-electron chi connectivity index (χ2n) is 6.39. The topological polar surface area (TPSA) is 64.3 Å². The van der Waals surface area contributed by atoms with Gasteiger partial charge >= 0.3 is 0 Å². The molecule has 0 aromatic heterocycles. The summed E-state index contributed by atoms with van der Waals surface area (Å²) < 4.78 is 5.52. The van der Waals surface area contributed by atoms with Crippen LogP contribution in [0.3, 0.4) is 0 Å². The highest BCUT2D eigenvalue weighted by Gasteiger charge is 2.42. The first-order chi connectivity index (χ1) is 9.09. The van der Waals surface area contributed by atoms with Crippen molar-refractivity contribution in [2.45, 2.75) is 64.5 Å². The zero-order valence-corrected chi connectivity index (χ0v) is 12.3. The van der Waals surface area contributed by atoms with Gasteiger partial charge in [0.2, 0.25) is 5.91 Å². The van der Waals surface area contributed by atoms with E-state index in [2.05, 4.69) is 12.2 Å². The van der Waals surface area contributed by atoms with Crippen LogP contribution in [0.5, 0.6) is 0 Å². The Labute approximate surface area is 116 Å². The minimum absolute atomic E-state index is 0.182. The molecule has 0 aromatic rings. The first-order valence-electron chi connectivity index (χ1n) is 7.72. The van der Waals surface area contributed by atoms with Crippen molar-refractivity contribution in [2.75, 3.05) is 13.2 Å². The average molecular weight is 268 g/mol. The molecule has 1 amide bonds. The zero-order valence-electron chi connectivity index (χ0n) is 12.3. The van der Waals surface area contributed by atoms with Crippen LogP contribution in [-0.4, -0.2) is 31.2 Å². The molecule has 2 saturated carbocycles. The molecule has 2 fully saturated rings. The van der Waals surface area contributed by atoms with Gasteiger partial charge in [0.25, 0.3) is 0 Å². The summed E-state index contributed by atoms with van der Waals surface area (Å²) in [4.78, 5) is 12.5. The van der Waals surface area contributed by atoms with Crippen molar-refractivity contribution < 1.29 is 9.53 Å². The Balaban J connectivity index is 1.81. The molecule has 0 aliphatic heterocycles. The second-order valence-corrected chi connectivity index (χ2v) is 6.39. The standard InChI is InChI=1S/C15H28N2O2/c1-3-19-13-8-12(9-13)17-14(18)15(10-16)6-4-11(2)5-7-15/h11-13H,3-10,16H2,1-2H3,(H,17,18). The third-order valence-corrected chi connectivity index (χ3v) is 4.94.